The molecule has 1 aromatic carbocycles. The molecule has 0 atom stereocenters. The molecule has 0 bridgehead atoms. The van der Waals surface area contributed by atoms with Crippen molar-refractivity contribution in [2.24, 2.45) is 0 Å². The van der Waals surface area contributed by atoms with E-state index in [4.69, 9.17) is 10.00 Å². The lowest BCUT2D eigenvalue weighted by atomic mass is 10.2. The molecule has 0 radical (unpaired) electrons. The topological polar surface area (TPSA) is 45.9 Å². The predicted molar refractivity (Wildman–Crippen MR) is 60.1 cm³/mol. The van der Waals surface area contributed by atoms with Crippen LogP contribution in [0, 0.1) is 29.9 Å². The van der Waals surface area contributed by atoms with Gasteiger partial charge < -0.3 is 4.74 Å². The number of aryl methyl sites for hydroxylation is 1. The summed E-state index contributed by atoms with van der Waals surface area (Å²) in [6.07, 6.45) is 1.45. The largest absolute Gasteiger partial charge is 0.435 e. The van der Waals surface area contributed by atoms with Crippen LogP contribution in [0.15, 0.2) is 30.5 Å². The Balaban J connectivity index is 2.41. The van der Waals surface area contributed by atoms with Crippen LogP contribution in [-0.2, 0) is 0 Å². The molecule has 0 fully saturated rings. The van der Waals surface area contributed by atoms with Crippen LogP contribution >= 0.6 is 0 Å². The molecule has 0 aliphatic rings. The van der Waals surface area contributed by atoms with E-state index in [0.717, 1.165) is 12.1 Å². The molecule has 3 nitrogen and oxygen atoms in total. The second kappa shape index (κ2) is 4.80. The molecule has 0 amide bonds. The molecule has 90 valence electrons. The fourth-order valence-corrected chi connectivity index (χ4v) is 1.41. The summed E-state index contributed by atoms with van der Waals surface area (Å²) in [5.41, 5.74) is 0.895. The van der Waals surface area contributed by atoms with E-state index in [-0.39, 0.29) is 17.2 Å². The van der Waals surface area contributed by atoms with Gasteiger partial charge in [-0.3, -0.25) is 0 Å². The van der Waals surface area contributed by atoms with Crippen molar-refractivity contribution >= 4 is 0 Å². The molecule has 1 aromatic heterocycles. The van der Waals surface area contributed by atoms with Gasteiger partial charge >= 0.3 is 0 Å². The van der Waals surface area contributed by atoms with Crippen molar-refractivity contribution in [1.82, 2.24) is 4.98 Å². The molecule has 5 heteroatoms. The van der Waals surface area contributed by atoms with E-state index in [1.807, 2.05) is 6.07 Å². The number of nitrogens with zero attached hydrogens (tertiary/aromatic N) is 2. The highest BCUT2D eigenvalue weighted by atomic mass is 19.1. The number of hydrogen-bond donors (Lipinski definition) is 0. The number of halogens is 2. The summed E-state index contributed by atoms with van der Waals surface area (Å²) in [6, 6.07) is 6.50. The predicted octanol–water partition coefficient (Wildman–Crippen LogP) is 3.33. The molecule has 0 spiro atoms. The Morgan fingerprint density at radius 3 is 2.72 bits per heavy atom. The standard InChI is InChI=1S/C13H8F2N2O/c1-8-4-5-17-13(10(8)7-16)18-12-3-2-9(14)6-11(12)15/h2-6H,1H3. The summed E-state index contributed by atoms with van der Waals surface area (Å²) in [5, 5.41) is 8.97. The smallest absolute Gasteiger partial charge is 0.237 e. The summed E-state index contributed by atoms with van der Waals surface area (Å²) >= 11 is 0. The Bertz CT molecular complexity index is 635. The van der Waals surface area contributed by atoms with Gasteiger partial charge in [0.2, 0.25) is 5.88 Å². The second-order valence-corrected chi connectivity index (χ2v) is 3.60. The molecular formula is C13H8F2N2O. The highest BCUT2D eigenvalue weighted by molar-refractivity contribution is 5.45. The van der Waals surface area contributed by atoms with Crippen molar-refractivity contribution in [2.75, 3.05) is 0 Å². The first-order valence-corrected chi connectivity index (χ1v) is 5.10. The third-order valence-corrected chi connectivity index (χ3v) is 2.34. The van der Waals surface area contributed by atoms with Crippen molar-refractivity contribution in [3.8, 4) is 17.7 Å². The van der Waals surface area contributed by atoms with Gasteiger partial charge in [0, 0.05) is 12.3 Å². The van der Waals surface area contributed by atoms with Crippen molar-refractivity contribution < 1.29 is 13.5 Å². The van der Waals surface area contributed by atoms with E-state index in [9.17, 15) is 8.78 Å². The summed E-state index contributed by atoms with van der Waals surface area (Å²) < 4.78 is 31.3. The average Bonchev–Trinajstić information content (AvgIpc) is 2.33. The van der Waals surface area contributed by atoms with Crippen molar-refractivity contribution in [1.29, 1.82) is 5.26 Å². The lowest BCUT2D eigenvalue weighted by Gasteiger charge is -2.08. The summed E-state index contributed by atoms with van der Waals surface area (Å²) in [6.45, 7) is 1.72. The molecule has 0 aliphatic heterocycles. The quantitative estimate of drug-likeness (QED) is 0.816. The zero-order chi connectivity index (χ0) is 13.1. The van der Waals surface area contributed by atoms with Crippen LogP contribution in [0.4, 0.5) is 8.78 Å². The number of ether oxygens (including phenoxy) is 1. The minimum absolute atomic E-state index is 0.00279. The molecular weight excluding hydrogens is 238 g/mol. The van der Waals surface area contributed by atoms with Gasteiger partial charge in [0.05, 0.1) is 0 Å². The van der Waals surface area contributed by atoms with Crippen molar-refractivity contribution in [3.63, 3.8) is 0 Å². The normalized spacial score (nSPS) is 9.89. The monoisotopic (exact) mass is 246 g/mol. The van der Waals surface area contributed by atoms with E-state index in [0.29, 0.717) is 11.6 Å². The van der Waals surface area contributed by atoms with Gasteiger partial charge in [0.25, 0.3) is 0 Å². The minimum Gasteiger partial charge on any atom is -0.435 e. The summed E-state index contributed by atoms with van der Waals surface area (Å²) in [5.74, 6) is -1.71. The lowest BCUT2D eigenvalue weighted by Crippen LogP contribution is -1.96. The molecule has 0 saturated heterocycles. The van der Waals surface area contributed by atoms with Crippen LogP contribution in [0.1, 0.15) is 11.1 Å². The second-order valence-electron chi connectivity index (χ2n) is 3.60. The van der Waals surface area contributed by atoms with Crippen LogP contribution in [-0.4, -0.2) is 4.98 Å². The Labute approximate surface area is 102 Å². The molecule has 0 saturated carbocycles. The van der Waals surface area contributed by atoms with Gasteiger partial charge in [-0.2, -0.15) is 5.26 Å². The van der Waals surface area contributed by atoms with Crippen LogP contribution in [0.25, 0.3) is 0 Å². The molecule has 18 heavy (non-hydrogen) atoms. The van der Waals surface area contributed by atoms with Crippen molar-refractivity contribution in [3.05, 3.63) is 53.2 Å². The molecule has 2 aromatic rings. The molecule has 0 N–H and O–H groups in total. The number of rotatable bonds is 2. The maximum Gasteiger partial charge on any atom is 0.237 e. The van der Waals surface area contributed by atoms with Crippen LogP contribution in [0.5, 0.6) is 11.6 Å². The molecule has 1 heterocycles. The number of hydrogen-bond acceptors (Lipinski definition) is 3. The number of benzene rings is 1. The van der Waals surface area contributed by atoms with Gasteiger partial charge in [0.1, 0.15) is 17.4 Å². The Morgan fingerprint density at radius 1 is 1.28 bits per heavy atom. The summed E-state index contributed by atoms with van der Waals surface area (Å²) in [7, 11) is 0. The Hall–Kier alpha value is -2.48. The highest BCUT2D eigenvalue weighted by Gasteiger charge is 2.12. The van der Waals surface area contributed by atoms with Crippen LogP contribution < -0.4 is 4.74 Å². The minimum atomic E-state index is -0.845. The van der Waals surface area contributed by atoms with E-state index >= 15 is 0 Å². The number of pyridine rings is 1. The van der Waals surface area contributed by atoms with E-state index < -0.39 is 11.6 Å². The van der Waals surface area contributed by atoms with Crippen LogP contribution in [0.2, 0.25) is 0 Å². The Kier molecular flexibility index (Phi) is 3.20. The van der Waals surface area contributed by atoms with E-state index in [1.54, 1.807) is 13.0 Å². The summed E-state index contributed by atoms with van der Waals surface area (Å²) in [4.78, 5) is 3.86. The highest BCUT2D eigenvalue weighted by Crippen LogP contribution is 2.26. The van der Waals surface area contributed by atoms with Crippen LogP contribution in [0.3, 0.4) is 0 Å². The van der Waals surface area contributed by atoms with E-state index in [1.165, 1.54) is 6.20 Å². The third-order valence-electron chi connectivity index (χ3n) is 2.34. The first-order valence-electron chi connectivity index (χ1n) is 5.10. The van der Waals surface area contributed by atoms with Gasteiger partial charge in [-0.05, 0) is 30.7 Å². The fraction of sp³-hybridized carbons (Fsp3) is 0.0769. The maximum absolute atomic E-state index is 13.4. The maximum atomic E-state index is 13.4. The van der Waals surface area contributed by atoms with Gasteiger partial charge in [-0.15, -0.1) is 0 Å². The third kappa shape index (κ3) is 2.28. The SMILES string of the molecule is Cc1ccnc(Oc2ccc(F)cc2F)c1C#N. The lowest BCUT2D eigenvalue weighted by molar-refractivity contribution is 0.422. The molecule has 0 aliphatic carbocycles. The van der Waals surface area contributed by atoms with Crippen molar-refractivity contribution in [2.45, 2.75) is 6.92 Å². The molecule has 2 rings (SSSR count). The zero-order valence-corrected chi connectivity index (χ0v) is 9.45. The zero-order valence-electron chi connectivity index (χ0n) is 9.45. The van der Waals surface area contributed by atoms with Gasteiger partial charge in [-0.1, -0.05) is 0 Å². The number of nitriles is 1. The number of aromatic nitrogens is 1. The first kappa shape index (κ1) is 12.0. The van der Waals surface area contributed by atoms with Gasteiger partial charge in [-0.25, -0.2) is 13.8 Å². The molecule has 0 unspecified atom stereocenters. The fourth-order valence-electron chi connectivity index (χ4n) is 1.41. The van der Waals surface area contributed by atoms with Gasteiger partial charge in [0.15, 0.2) is 11.6 Å². The first-order chi connectivity index (χ1) is 8.61. The van der Waals surface area contributed by atoms with E-state index in [2.05, 4.69) is 4.98 Å². The Morgan fingerprint density at radius 2 is 2.06 bits per heavy atom. The average molecular weight is 246 g/mol.